The summed E-state index contributed by atoms with van der Waals surface area (Å²) in [5.41, 5.74) is 4.59. The van der Waals surface area contributed by atoms with Gasteiger partial charge in [0.1, 0.15) is 5.75 Å². The molecule has 0 spiro atoms. The van der Waals surface area contributed by atoms with Gasteiger partial charge in [-0.2, -0.15) is 0 Å². The van der Waals surface area contributed by atoms with Crippen LogP contribution < -0.4 is 14.5 Å². The minimum absolute atomic E-state index is 0.0821. The second-order valence-electron chi connectivity index (χ2n) is 9.01. The predicted molar refractivity (Wildman–Crippen MR) is 131 cm³/mol. The summed E-state index contributed by atoms with van der Waals surface area (Å²) >= 11 is 0. The molecule has 2 aliphatic heterocycles. The number of carbonyl (C=O) groups is 4. The number of esters is 1. The van der Waals surface area contributed by atoms with Gasteiger partial charge in [-0.1, -0.05) is 30.3 Å². The van der Waals surface area contributed by atoms with E-state index in [0.717, 1.165) is 21.7 Å². The summed E-state index contributed by atoms with van der Waals surface area (Å²) in [6.45, 7) is 5.90. The van der Waals surface area contributed by atoms with Crippen molar-refractivity contribution in [2.24, 2.45) is 5.92 Å². The zero-order valence-corrected chi connectivity index (χ0v) is 19.7. The first-order chi connectivity index (χ1) is 16.8. The Kier molecular flexibility index (Phi) is 5.47. The number of nitrogens with zero attached hydrogens (tertiary/aromatic N) is 2. The van der Waals surface area contributed by atoms with Gasteiger partial charge >= 0.3 is 5.97 Å². The van der Waals surface area contributed by atoms with Crippen LogP contribution in [0.4, 0.5) is 11.4 Å². The van der Waals surface area contributed by atoms with Crippen molar-refractivity contribution < 1.29 is 23.9 Å². The molecule has 0 saturated carbocycles. The third kappa shape index (κ3) is 3.79. The Morgan fingerprint density at radius 2 is 1.46 bits per heavy atom. The van der Waals surface area contributed by atoms with Crippen LogP contribution in [0.1, 0.15) is 43.8 Å². The van der Waals surface area contributed by atoms with Crippen LogP contribution in [0.25, 0.3) is 0 Å². The zero-order valence-electron chi connectivity index (χ0n) is 19.7. The van der Waals surface area contributed by atoms with E-state index in [2.05, 4.69) is 0 Å². The van der Waals surface area contributed by atoms with Crippen LogP contribution >= 0.6 is 0 Å². The van der Waals surface area contributed by atoms with Crippen LogP contribution in [0.3, 0.4) is 0 Å². The molecule has 1 atom stereocenters. The molecule has 0 radical (unpaired) electrons. The summed E-state index contributed by atoms with van der Waals surface area (Å²) in [5, 5.41) is 0. The average molecular weight is 469 g/mol. The molecule has 0 aliphatic carbocycles. The maximum atomic E-state index is 12.9. The lowest BCUT2D eigenvalue weighted by Crippen LogP contribution is -2.30. The zero-order chi connectivity index (χ0) is 24.9. The Morgan fingerprint density at radius 1 is 0.829 bits per heavy atom. The molecule has 1 fully saturated rings. The molecule has 7 nitrogen and oxygen atoms in total. The fourth-order valence-corrected chi connectivity index (χ4v) is 4.86. The van der Waals surface area contributed by atoms with E-state index >= 15 is 0 Å². The van der Waals surface area contributed by atoms with Crippen molar-refractivity contribution in [2.75, 3.05) is 16.3 Å². The second kappa shape index (κ2) is 8.51. The van der Waals surface area contributed by atoms with Crippen molar-refractivity contribution in [3.63, 3.8) is 0 Å². The van der Waals surface area contributed by atoms with Crippen molar-refractivity contribution in [3.8, 4) is 5.75 Å². The first-order valence-electron chi connectivity index (χ1n) is 11.4. The van der Waals surface area contributed by atoms with Crippen LogP contribution in [0.2, 0.25) is 0 Å². The standard InChI is InChI=1S/C28H24N2O5/c1-16-7-6-8-17(2)25(16)29-15-19(14-24(29)31)28(34)35-20-11-12-23(18(3)13-20)30-26(32)21-9-4-5-10-22(21)27(30)33/h4-13,19H,14-15H2,1-3H3/t19-/m1/s1. The number of ether oxygens (including phenoxy) is 1. The van der Waals surface area contributed by atoms with Gasteiger partial charge in [0, 0.05) is 18.7 Å². The number of para-hydroxylation sites is 1. The number of fused-ring (bicyclic) bond motifs is 1. The fraction of sp³-hybridized carbons (Fsp3) is 0.214. The monoisotopic (exact) mass is 468 g/mol. The van der Waals surface area contributed by atoms with Crippen LogP contribution in [0.5, 0.6) is 5.75 Å². The maximum Gasteiger partial charge on any atom is 0.316 e. The molecule has 0 unspecified atom stereocenters. The molecule has 2 heterocycles. The summed E-state index contributed by atoms with van der Waals surface area (Å²) in [6, 6.07) is 17.3. The highest BCUT2D eigenvalue weighted by Crippen LogP contribution is 2.34. The topological polar surface area (TPSA) is 84.0 Å². The summed E-state index contributed by atoms with van der Waals surface area (Å²) in [4.78, 5) is 54.0. The molecule has 5 rings (SSSR count). The average Bonchev–Trinajstić information content (AvgIpc) is 3.32. The minimum atomic E-state index is -0.585. The predicted octanol–water partition coefficient (Wildman–Crippen LogP) is 4.37. The van der Waals surface area contributed by atoms with Gasteiger partial charge in [-0.15, -0.1) is 0 Å². The molecule has 0 bridgehead atoms. The van der Waals surface area contributed by atoms with Gasteiger partial charge in [0.25, 0.3) is 11.8 Å². The van der Waals surface area contributed by atoms with Gasteiger partial charge in [0.05, 0.1) is 22.7 Å². The van der Waals surface area contributed by atoms with Gasteiger partial charge in [-0.3, -0.25) is 19.2 Å². The van der Waals surface area contributed by atoms with E-state index in [9.17, 15) is 19.2 Å². The molecule has 0 aromatic heterocycles. The molecule has 35 heavy (non-hydrogen) atoms. The maximum absolute atomic E-state index is 12.9. The summed E-state index contributed by atoms with van der Waals surface area (Å²) < 4.78 is 5.60. The summed E-state index contributed by atoms with van der Waals surface area (Å²) in [6.07, 6.45) is 0.0821. The van der Waals surface area contributed by atoms with E-state index < -0.39 is 11.9 Å². The quantitative estimate of drug-likeness (QED) is 0.323. The molecule has 3 aromatic carbocycles. The van der Waals surface area contributed by atoms with Crippen LogP contribution in [-0.2, 0) is 9.59 Å². The Labute approximate surface area is 202 Å². The van der Waals surface area contributed by atoms with Crippen molar-refractivity contribution in [2.45, 2.75) is 27.2 Å². The van der Waals surface area contributed by atoms with E-state index in [0.29, 0.717) is 28.1 Å². The number of hydrogen-bond donors (Lipinski definition) is 0. The van der Waals surface area contributed by atoms with Crippen molar-refractivity contribution in [3.05, 3.63) is 88.5 Å². The number of hydrogen-bond acceptors (Lipinski definition) is 5. The lowest BCUT2D eigenvalue weighted by molar-refractivity contribution is -0.139. The molecule has 7 heteroatoms. The van der Waals surface area contributed by atoms with Gasteiger partial charge in [0.15, 0.2) is 0 Å². The number of benzene rings is 3. The van der Waals surface area contributed by atoms with Gasteiger partial charge in [0.2, 0.25) is 5.91 Å². The van der Waals surface area contributed by atoms with E-state index in [1.807, 2.05) is 32.0 Å². The van der Waals surface area contributed by atoms with E-state index in [1.54, 1.807) is 54.3 Å². The third-order valence-electron chi connectivity index (χ3n) is 6.59. The molecular formula is C28H24N2O5. The van der Waals surface area contributed by atoms with Crippen LogP contribution in [0.15, 0.2) is 60.7 Å². The van der Waals surface area contributed by atoms with Gasteiger partial charge in [-0.25, -0.2) is 4.90 Å². The molecular weight excluding hydrogens is 444 g/mol. The largest absolute Gasteiger partial charge is 0.426 e. The molecule has 1 saturated heterocycles. The minimum Gasteiger partial charge on any atom is -0.426 e. The van der Waals surface area contributed by atoms with Gasteiger partial charge in [-0.05, 0) is 67.8 Å². The highest BCUT2D eigenvalue weighted by Gasteiger charge is 2.38. The molecule has 2 aliphatic rings. The number of anilines is 2. The highest BCUT2D eigenvalue weighted by atomic mass is 16.5. The molecule has 3 amide bonds. The SMILES string of the molecule is Cc1cc(OC(=O)[C@@H]2CC(=O)N(c3c(C)cccc3C)C2)ccc1N1C(=O)c2ccccc2C1=O. The fourth-order valence-electron chi connectivity index (χ4n) is 4.86. The Hall–Kier alpha value is -4.26. The van der Waals surface area contributed by atoms with Gasteiger partial charge < -0.3 is 9.64 Å². The number of imide groups is 1. The van der Waals surface area contributed by atoms with E-state index in [-0.39, 0.29) is 30.7 Å². The first kappa shape index (κ1) is 22.5. The molecule has 176 valence electrons. The Morgan fingerprint density at radius 3 is 2.06 bits per heavy atom. The first-order valence-corrected chi connectivity index (χ1v) is 11.4. The van der Waals surface area contributed by atoms with Crippen molar-refractivity contribution in [1.29, 1.82) is 0 Å². The lowest BCUT2D eigenvalue weighted by atomic mass is 10.1. The smallest absolute Gasteiger partial charge is 0.316 e. The number of rotatable bonds is 4. The van der Waals surface area contributed by atoms with Crippen molar-refractivity contribution in [1.82, 2.24) is 0 Å². The second-order valence-corrected chi connectivity index (χ2v) is 9.01. The molecule has 3 aromatic rings. The summed E-state index contributed by atoms with van der Waals surface area (Å²) in [5.74, 6) is -1.64. The van der Waals surface area contributed by atoms with E-state index in [1.165, 1.54) is 0 Å². The van der Waals surface area contributed by atoms with E-state index in [4.69, 9.17) is 4.74 Å². The highest BCUT2D eigenvalue weighted by molar-refractivity contribution is 6.34. The van der Waals surface area contributed by atoms with Crippen LogP contribution in [0, 0.1) is 26.7 Å². The number of carbonyl (C=O) groups excluding carboxylic acids is 4. The van der Waals surface area contributed by atoms with Crippen LogP contribution in [-0.4, -0.2) is 30.2 Å². The third-order valence-corrected chi connectivity index (χ3v) is 6.59. The normalized spacial score (nSPS) is 17.2. The number of aryl methyl sites for hydroxylation is 3. The number of amides is 3. The molecule has 0 N–H and O–H groups in total. The van der Waals surface area contributed by atoms with Crippen molar-refractivity contribution >= 4 is 35.1 Å². The lowest BCUT2D eigenvalue weighted by Gasteiger charge is -2.21. The Bertz CT molecular complexity index is 1350. The summed E-state index contributed by atoms with van der Waals surface area (Å²) in [7, 11) is 0. The Balaban J connectivity index is 1.32.